The van der Waals surface area contributed by atoms with Crippen LogP contribution in [0.3, 0.4) is 0 Å². The summed E-state index contributed by atoms with van der Waals surface area (Å²) in [4.78, 5) is 26.2. The maximum Gasteiger partial charge on any atom is 0.227 e. The topological polar surface area (TPSA) is 67.9 Å². The molecule has 6 heteroatoms. The van der Waals surface area contributed by atoms with Gasteiger partial charge < -0.3 is 19.7 Å². The Kier molecular flexibility index (Phi) is 5.96. The Labute approximate surface area is 159 Å². The van der Waals surface area contributed by atoms with Crippen molar-refractivity contribution >= 4 is 23.2 Å². The molecule has 1 aliphatic rings. The lowest BCUT2D eigenvalue weighted by Gasteiger charge is -2.20. The van der Waals surface area contributed by atoms with Gasteiger partial charge in [0.05, 0.1) is 25.6 Å². The second-order valence-electron chi connectivity index (χ2n) is 6.44. The van der Waals surface area contributed by atoms with E-state index in [2.05, 4.69) is 5.32 Å². The summed E-state index contributed by atoms with van der Waals surface area (Å²) in [5, 5.41) is 2.94. The standard InChI is InChI=1S/C21H24N2O4/c1-26-16-12-15(13-17(14-16)27-2)9-10-20(24)22-18-6-3-4-7-19(18)23-11-5-8-21(23)25/h3-4,6-7,12-14H,5,8-11H2,1-2H3,(H,22,24). The van der Waals surface area contributed by atoms with Crippen molar-refractivity contribution in [1.82, 2.24) is 0 Å². The summed E-state index contributed by atoms with van der Waals surface area (Å²) < 4.78 is 10.5. The Hall–Kier alpha value is -3.02. The van der Waals surface area contributed by atoms with E-state index in [0.29, 0.717) is 43.0 Å². The van der Waals surface area contributed by atoms with Gasteiger partial charge in [-0.05, 0) is 42.7 Å². The molecule has 3 rings (SSSR count). The molecule has 6 nitrogen and oxygen atoms in total. The van der Waals surface area contributed by atoms with Crippen LogP contribution in [0.4, 0.5) is 11.4 Å². The lowest BCUT2D eigenvalue weighted by Crippen LogP contribution is -2.25. The van der Waals surface area contributed by atoms with Crippen LogP contribution in [0, 0.1) is 0 Å². The van der Waals surface area contributed by atoms with Gasteiger partial charge in [0.2, 0.25) is 11.8 Å². The second-order valence-corrected chi connectivity index (χ2v) is 6.44. The first-order valence-corrected chi connectivity index (χ1v) is 9.02. The number of anilines is 2. The van der Waals surface area contributed by atoms with E-state index in [9.17, 15) is 9.59 Å². The summed E-state index contributed by atoms with van der Waals surface area (Å²) in [6.07, 6.45) is 2.28. The molecule has 0 aliphatic carbocycles. The maximum absolute atomic E-state index is 12.5. The Bertz CT molecular complexity index is 812. The average molecular weight is 368 g/mol. The molecule has 27 heavy (non-hydrogen) atoms. The number of carbonyl (C=O) groups is 2. The van der Waals surface area contributed by atoms with Crippen molar-refractivity contribution in [3.05, 3.63) is 48.0 Å². The number of carbonyl (C=O) groups excluding carboxylic acids is 2. The highest BCUT2D eigenvalue weighted by molar-refractivity contribution is 6.02. The Balaban J connectivity index is 1.66. The molecule has 1 aliphatic heterocycles. The van der Waals surface area contributed by atoms with Crippen molar-refractivity contribution in [2.75, 3.05) is 31.0 Å². The molecule has 2 aromatic carbocycles. The van der Waals surface area contributed by atoms with Crippen LogP contribution in [0.1, 0.15) is 24.8 Å². The SMILES string of the molecule is COc1cc(CCC(=O)Nc2ccccc2N2CCCC2=O)cc(OC)c1. The number of benzene rings is 2. The van der Waals surface area contributed by atoms with E-state index >= 15 is 0 Å². The number of hydrogen-bond acceptors (Lipinski definition) is 4. The van der Waals surface area contributed by atoms with E-state index in [0.717, 1.165) is 17.7 Å². The van der Waals surface area contributed by atoms with Gasteiger partial charge in [0, 0.05) is 25.5 Å². The highest BCUT2D eigenvalue weighted by Crippen LogP contribution is 2.29. The number of rotatable bonds is 7. The largest absolute Gasteiger partial charge is 0.497 e. The fourth-order valence-electron chi connectivity index (χ4n) is 3.20. The first-order valence-electron chi connectivity index (χ1n) is 9.02. The predicted octanol–water partition coefficient (Wildman–Crippen LogP) is 3.40. The molecule has 0 saturated carbocycles. The van der Waals surface area contributed by atoms with Crippen LogP contribution in [0.2, 0.25) is 0 Å². The molecule has 0 unspecified atom stereocenters. The van der Waals surface area contributed by atoms with Gasteiger partial charge in [-0.3, -0.25) is 9.59 Å². The minimum Gasteiger partial charge on any atom is -0.497 e. The second kappa shape index (κ2) is 8.58. The maximum atomic E-state index is 12.5. The summed E-state index contributed by atoms with van der Waals surface area (Å²) >= 11 is 0. The molecule has 0 aromatic heterocycles. The van der Waals surface area contributed by atoms with Crippen LogP contribution in [0.25, 0.3) is 0 Å². The Morgan fingerprint density at radius 1 is 1.11 bits per heavy atom. The molecule has 1 N–H and O–H groups in total. The molecular weight excluding hydrogens is 344 g/mol. The van der Waals surface area contributed by atoms with E-state index in [1.54, 1.807) is 25.2 Å². The van der Waals surface area contributed by atoms with Crippen molar-refractivity contribution in [2.45, 2.75) is 25.7 Å². The van der Waals surface area contributed by atoms with Crippen LogP contribution in [-0.4, -0.2) is 32.6 Å². The summed E-state index contributed by atoms with van der Waals surface area (Å²) in [5.74, 6) is 1.39. The van der Waals surface area contributed by atoms with Gasteiger partial charge in [-0.25, -0.2) is 0 Å². The Morgan fingerprint density at radius 2 is 1.81 bits per heavy atom. The average Bonchev–Trinajstić information content (AvgIpc) is 3.12. The zero-order valence-corrected chi connectivity index (χ0v) is 15.7. The number of ether oxygens (including phenoxy) is 2. The third-order valence-electron chi connectivity index (χ3n) is 4.59. The molecule has 2 aromatic rings. The fourth-order valence-corrected chi connectivity index (χ4v) is 3.20. The summed E-state index contributed by atoms with van der Waals surface area (Å²) in [6.45, 7) is 0.690. The van der Waals surface area contributed by atoms with Gasteiger partial charge in [-0.2, -0.15) is 0 Å². The number of para-hydroxylation sites is 2. The van der Waals surface area contributed by atoms with Gasteiger partial charge in [0.25, 0.3) is 0 Å². The smallest absolute Gasteiger partial charge is 0.227 e. The molecule has 0 atom stereocenters. The molecule has 0 radical (unpaired) electrons. The molecule has 1 fully saturated rings. The van der Waals surface area contributed by atoms with Gasteiger partial charge in [-0.15, -0.1) is 0 Å². The van der Waals surface area contributed by atoms with Gasteiger partial charge in [0.1, 0.15) is 11.5 Å². The van der Waals surface area contributed by atoms with E-state index in [4.69, 9.17) is 9.47 Å². The first kappa shape index (κ1) is 18.8. The summed E-state index contributed by atoms with van der Waals surface area (Å²) in [6, 6.07) is 13.0. The Morgan fingerprint density at radius 3 is 2.44 bits per heavy atom. The number of nitrogens with zero attached hydrogens (tertiary/aromatic N) is 1. The van der Waals surface area contributed by atoms with Crippen molar-refractivity contribution in [2.24, 2.45) is 0 Å². The van der Waals surface area contributed by atoms with Crippen molar-refractivity contribution < 1.29 is 19.1 Å². The minimum absolute atomic E-state index is 0.0974. The number of hydrogen-bond donors (Lipinski definition) is 1. The van der Waals surface area contributed by atoms with E-state index in [1.807, 2.05) is 36.4 Å². The van der Waals surface area contributed by atoms with E-state index in [1.165, 1.54) is 0 Å². The van der Waals surface area contributed by atoms with Crippen LogP contribution >= 0.6 is 0 Å². The molecule has 1 heterocycles. The van der Waals surface area contributed by atoms with Gasteiger partial charge in [-0.1, -0.05) is 12.1 Å². The van der Waals surface area contributed by atoms with Gasteiger partial charge >= 0.3 is 0 Å². The zero-order chi connectivity index (χ0) is 19.2. The van der Waals surface area contributed by atoms with E-state index < -0.39 is 0 Å². The predicted molar refractivity (Wildman–Crippen MR) is 105 cm³/mol. The molecule has 1 saturated heterocycles. The summed E-state index contributed by atoms with van der Waals surface area (Å²) in [5.41, 5.74) is 2.39. The van der Waals surface area contributed by atoms with Crippen molar-refractivity contribution in [3.63, 3.8) is 0 Å². The monoisotopic (exact) mass is 368 g/mol. The van der Waals surface area contributed by atoms with Crippen LogP contribution in [-0.2, 0) is 16.0 Å². The molecule has 0 bridgehead atoms. The minimum atomic E-state index is -0.101. The van der Waals surface area contributed by atoms with Crippen LogP contribution < -0.4 is 19.7 Å². The van der Waals surface area contributed by atoms with E-state index in [-0.39, 0.29) is 11.8 Å². The number of methoxy groups -OCH3 is 2. The molecule has 2 amide bonds. The lowest BCUT2D eigenvalue weighted by atomic mass is 10.1. The third kappa shape index (κ3) is 4.58. The highest BCUT2D eigenvalue weighted by atomic mass is 16.5. The lowest BCUT2D eigenvalue weighted by molar-refractivity contribution is -0.117. The molecule has 0 spiro atoms. The normalized spacial score (nSPS) is 13.6. The van der Waals surface area contributed by atoms with Crippen molar-refractivity contribution in [3.8, 4) is 11.5 Å². The highest BCUT2D eigenvalue weighted by Gasteiger charge is 2.24. The number of amides is 2. The van der Waals surface area contributed by atoms with Gasteiger partial charge in [0.15, 0.2) is 0 Å². The number of aryl methyl sites for hydroxylation is 1. The molecule has 142 valence electrons. The quantitative estimate of drug-likeness (QED) is 0.813. The summed E-state index contributed by atoms with van der Waals surface area (Å²) in [7, 11) is 3.20. The number of nitrogens with one attached hydrogen (secondary N) is 1. The van der Waals surface area contributed by atoms with Crippen molar-refractivity contribution in [1.29, 1.82) is 0 Å². The zero-order valence-electron chi connectivity index (χ0n) is 15.7. The fraction of sp³-hybridized carbons (Fsp3) is 0.333. The third-order valence-corrected chi connectivity index (χ3v) is 4.59. The van der Waals surface area contributed by atoms with Crippen LogP contribution in [0.5, 0.6) is 11.5 Å². The van der Waals surface area contributed by atoms with Crippen LogP contribution in [0.15, 0.2) is 42.5 Å². The first-order chi connectivity index (χ1) is 13.1. The molecular formula is C21H24N2O4.